The van der Waals surface area contributed by atoms with E-state index in [4.69, 9.17) is 5.11 Å². The number of carboxylic acid groups (broad SMARTS) is 1. The van der Waals surface area contributed by atoms with Gasteiger partial charge in [-0.25, -0.2) is 0 Å². The summed E-state index contributed by atoms with van der Waals surface area (Å²) in [4.78, 5) is 23.3. The molecule has 0 saturated heterocycles. The van der Waals surface area contributed by atoms with Crippen LogP contribution in [0.5, 0.6) is 0 Å². The number of aliphatic carboxylic acids is 1. The van der Waals surface area contributed by atoms with E-state index >= 15 is 0 Å². The highest BCUT2D eigenvalue weighted by molar-refractivity contribution is 14.1. The molecule has 0 unspecified atom stereocenters. The molecule has 1 aromatic carbocycles. The predicted octanol–water partition coefficient (Wildman–Crippen LogP) is 3.45. The number of hydrogen-bond acceptors (Lipinski definition) is 2. The zero-order chi connectivity index (χ0) is 15.3. The van der Waals surface area contributed by atoms with Crippen LogP contribution in [0.2, 0.25) is 0 Å². The Morgan fingerprint density at radius 1 is 1.24 bits per heavy atom. The van der Waals surface area contributed by atoms with Gasteiger partial charge >= 0.3 is 5.97 Å². The highest BCUT2D eigenvalue weighted by Gasteiger charge is 2.34. The predicted molar refractivity (Wildman–Crippen MR) is 89.3 cm³/mol. The third-order valence-corrected chi connectivity index (χ3v) is 4.82. The van der Waals surface area contributed by atoms with Crippen LogP contribution < -0.4 is 5.32 Å². The molecular weight excluding hydrogens is 381 g/mol. The summed E-state index contributed by atoms with van der Waals surface area (Å²) < 4.78 is 1.01. The molecule has 1 amide bonds. The normalized spacial score (nSPS) is 17.2. The quantitative estimate of drug-likeness (QED) is 0.743. The Kier molecular flexibility index (Phi) is 5.61. The lowest BCUT2D eigenvalue weighted by atomic mass is 9.71. The molecular formula is C16H20INO3. The molecule has 0 aromatic heterocycles. The number of amides is 1. The lowest BCUT2D eigenvalue weighted by Gasteiger charge is -2.36. The molecule has 1 fully saturated rings. The van der Waals surface area contributed by atoms with Gasteiger partial charge in [-0.1, -0.05) is 25.3 Å². The van der Waals surface area contributed by atoms with Gasteiger partial charge in [-0.05, 0) is 59.0 Å². The zero-order valence-electron chi connectivity index (χ0n) is 11.9. The second kappa shape index (κ2) is 7.24. The molecule has 21 heavy (non-hydrogen) atoms. The van der Waals surface area contributed by atoms with Crippen molar-refractivity contribution in [1.29, 1.82) is 0 Å². The highest BCUT2D eigenvalue weighted by atomic mass is 127. The minimum atomic E-state index is -0.777. The lowest BCUT2D eigenvalue weighted by molar-refractivity contribution is -0.140. The Morgan fingerprint density at radius 2 is 1.95 bits per heavy atom. The molecule has 5 heteroatoms. The maximum Gasteiger partial charge on any atom is 0.303 e. The smallest absolute Gasteiger partial charge is 0.303 e. The van der Waals surface area contributed by atoms with Gasteiger partial charge in [-0.3, -0.25) is 9.59 Å². The molecule has 0 aliphatic heterocycles. The maximum absolute atomic E-state index is 12.2. The molecule has 0 radical (unpaired) electrons. The van der Waals surface area contributed by atoms with E-state index < -0.39 is 5.97 Å². The van der Waals surface area contributed by atoms with Crippen molar-refractivity contribution in [3.05, 3.63) is 33.4 Å². The van der Waals surface area contributed by atoms with E-state index in [1.54, 1.807) is 6.07 Å². The summed E-state index contributed by atoms with van der Waals surface area (Å²) in [6.45, 7) is 0.448. The Labute approximate surface area is 138 Å². The van der Waals surface area contributed by atoms with E-state index in [1.165, 1.54) is 0 Å². The van der Waals surface area contributed by atoms with Gasteiger partial charge in [0, 0.05) is 15.7 Å². The second-order valence-electron chi connectivity index (χ2n) is 5.82. The van der Waals surface area contributed by atoms with E-state index in [0.29, 0.717) is 12.1 Å². The van der Waals surface area contributed by atoms with Crippen LogP contribution in [-0.2, 0) is 4.79 Å². The lowest BCUT2D eigenvalue weighted by Crippen LogP contribution is -2.40. The van der Waals surface area contributed by atoms with Crippen LogP contribution in [-0.4, -0.2) is 23.5 Å². The van der Waals surface area contributed by atoms with Gasteiger partial charge in [0.15, 0.2) is 0 Å². The third kappa shape index (κ3) is 4.69. The molecule has 2 N–H and O–H groups in total. The molecule has 1 aliphatic carbocycles. The van der Waals surface area contributed by atoms with Gasteiger partial charge in [0.1, 0.15) is 0 Å². The second-order valence-corrected chi connectivity index (χ2v) is 7.07. The summed E-state index contributed by atoms with van der Waals surface area (Å²) in [6, 6.07) is 7.40. The Bertz CT molecular complexity index is 524. The largest absolute Gasteiger partial charge is 0.481 e. The number of hydrogen-bond donors (Lipinski definition) is 2. The van der Waals surface area contributed by atoms with Gasteiger partial charge < -0.3 is 10.4 Å². The number of benzene rings is 1. The van der Waals surface area contributed by atoms with Crippen molar-refractivity contribution < 1.29 is 14.7 Å². The number of carbonyl (C=O) groups excluding carboxylic acids is 1. The Morgan fingerprint density at radius 3 is 2.57 bits per heavy atom. The highest BCUT2D eigenvalue weighted by Crippen LogP contribution is 2.38. The fraction of sp³-hybridized carbons (Fsp3) is 0.500. The van der Waals surface area contributed by atoms with Crippen LogP contribution in [0.25, 0.3) is 0 Å². The monoisotopic (exact) mass is 401 g/mol. The minimum Gasteiger partial charge on any atom is -0.481 e. The zero-order valence-corrected chi connectivity index (χ0v) is 14.1. The van der Waals surface area contributed by atoms with Crippen molar-refractivity contribution in [2.75, 3.05) is 6.54 Å². The molecule has 0 bridgehead atoms. The number of rotatable bonds is 5. The molecule has 1 saturated carbocycles. The van der Waals surface area contributed by atoms with Crippen LogP contribution >= 0.6 is 22.6 Å². The van der Waals surface area contributed by atoms with Gasteiger partial charge in [-0.15, -0.1) is 0 Å². The summed E-state index contributed by atoms with van der Waals surface area (Å²) >= 11 is 2.17. The Balaban J connectivity index is 2.01. The maximum atomic E-state index is 12.2. The van der Waals surface area contributed by atoms with E-state index in [1.807, 2.05) is 18.2 Å². The van der Waals surface area contributed by atoms with Crippen molar-refractivity contribution in [3.63, 3.8) is 0 Å². The molecule has 0 atom stereocenters. The Hall–Kier alpha value is -1.11. The van der Waals surface area contributed by atoms with E-state index in [-0.39, 0.29) is 17.7 Å². The molecule has 114 valence electrons. The summed E-state index contributed by atoms with van der Waals surface area (Å²) in [5, 5.41) is 12.1. The SMILES string of the molecule is O=C(O)CC1(CNC(=O)c2cccc(I)c2)CCCCC1. The molecule has 4 nitrogen and oxygen atoms in total. The van der Waals surface area contributed by atoms with E-state index in [0.717, 1.165) is 35.7 Å². The first-order valence-electron chi connectivity index (χ1n) is 7.26. The van der Waals surface area contributed by atoms with Crippen molar-refractivity contribution >= 4 is 34.5 Å². The van der Waals surface area contributed by atoms with E-state index in [2.05, 4.69) is 27.9 Å². The van der Waals surface area contributed by atoms with Crippen molar-refractivity contribution in [2.24, 2.45) is 5.41 Å². The molecule has 1 aromatic rings. The number of halogens is 1. The first kappa shape index (κ1) is 16.3. The minimum absolute atomic E-state index is 0.121. The number of carbonyl (C=O) groups is 2. The van der Waals surface area contributed by atoms with Crippen molar-refractivity contribution in [1.82, 2.24) is 5.32 Å². The van der Waals surface area contributed by atoms with Crippen LogP contribution in [0.3, 0.4) is 0 Å². The fourth-order valence-electron chi connectivity index (χ4n) is 3.04. The van der Waals surface area contributed by atoms with Gasteiger partial charge in [0.2, 0.25) is 0 Å². The standard InChI is InChI=1S/C16H20INO3/c17-13-6-4-5-12(9-13)15(21)18-11-16(10-14(19)20)7-2-1-3-8-16/h4-6,9H,1-3,7-8,10-11H2,(H,18,21)(H,19,20). The summed E-state index contributed by atoms with van der Waals surface area (Å²) in [7, 11) is 0. The molecule has 0 spiro atoms. The van der Waals surface area contributed by atoms with Gasteiger partial charge in [-0.2, -0.15) is 0 Å². The van der Waals surface area contributed by atoms with Crippen LogP contribution in [0, 0.1) is 8.99 Å². The van der Waals surface area contributed by atoms with Crippen molar-refractivity contribution in [2.45, 2.75) is 38.5 Å². The van der Waals surface area contributed by atoms with Gasteiger partial charge in [0.05, 0.1) is 6.42 Å². The third-order valence-electron chi connectivity index (χ3n) is 4.15. The number of nitrogens with one attached hydrogen (secondary N) is 1. The number of carboxylic acids is 1. The van der Waals surface area contributed by atoms with Crippen LogP contribution in [0.4, 0.5) is 0 Å². The molecule has 0 heterocycles. The first-order chi connectivity index (χ1) is 10.0. The summed E-state index contributed by atoms with van der Waals surface area (Å²) in [6.07, 6.45) is 5.16. The van der Waals surface area contributed by atoms with Crippen LogP contribution in [0.15, 0.2) is 24.3 Å². The average Bonchev–Trinajstić information content (AvgIpc) is 2.45. The topological polar surface area (TPSA) is 66.4 Å². The summed E-state index contributed by atoms with van der Waals surface area (Å²) in [5.74, 6) is -0.899. The van der Waals surface area contributed by atoms with Gasteiger partial charge in [0.25, 0.3) is 5.91 Å². The first-order valence-corrected chi connectivity index (χ1v) is 8.34. The molecule has 2 rings (SSSR count). The fourth-order valence-corrected chi connectivity index (χ4v) is 3.58. The van der Waals surface area contributed by atoms with Crippen LogP contribution in [0.1, 0.15) is 48.9 Å². The average molecular weight is 401 g/mol. The van der Waals surface area contributed by atoms with E-state index in [9.17, 15) is 9.59 Å². The molecule has 1 aliphatic rings. The van der Waals surface area contributed by atoms with Crippen molar-refractivity contribution in [3.8, 4) is 0 Å². The summed E-state index contributed by atoms with van der Waals surface area (Å²) in [5.41, 5.74) is 0.352.